The highest BCUT2D eigenvalue weighted by Gasteiger charge is 2.04. The Morgan fingerprint density at radius 2 is 1.94 bits per heavy atom. The SMILES string of the molecule is Cc1ccccc1SCC(=O)Nc1ccncc1. The molecule has 0 unspecified atom stereocenters. The van der Waals surface area contributed by atoms with E-state index in [4.69, 9.17) is 0 Å². The van der Waals surface area contributed by atoms with Crippen LogP contribution in [0.4, 0.5) is 5.69 Å². The Hall–Kier alpha value is -1.81. The molecule has 0 atom stereocenters. The fourth-order valence-corrected chi connectivity index (χ4v) is 2.32. The van der Waals surface area contributed by atoms with Crippen LogP contribution in [0.25, 0.3) is 0 Å². The zero-order valence-corrected chi connectivity index (χ0v) is 10.9. The highest BCUT2D eigenvalue weighted by atomic mass is 32.2. The first kappa shape index (κ1) is 12.6. The number of thioether (sulfide) groups is 1. The molecule has 0 bridgehead atoms. The summed E-state index contributed by atoms with van der Waals surface area (Å²) in [4.78, 5) is 16.8. The minimum Gasteiger partial charge on any atom is -0.325 e. The van der Waals surface area contributed by atoms with Crippen LogP contribution >= 0.6 is 11.8 Å². The van der Waals surface area contributed by atoms with E-state index in [0.29, 0.717) is 5.75 Å². The van der Waals surface area contributed by atoms with Crippen LogP contribution in [-0.4, -0.2) is 16.6 Å². The number of carbonyl (C=O) groups excluding carboxylic acids is 1. The first-order chi connectivity index (χ1) is 8.75. The molecule has 0 aliphatic carbocycles. The average Bonchev–Trinajstić information content (AvgIpc) is 2.39. The third kappa shape index (κ3) is 3.60. The number of amides is 1. The second kappa shape index (κ2) is 6.21. The van der Waals surface area contributed by atoms with Crippen molar-refractivity contribution < 1.29 is 4.79 Å². The first-order valence-electron chi connectivity index (χ1n) is 5.64. The Labute approximate surface area is 111 Å². The summed E-state index contributed by atoms with van der Waals surface area (Å²) in [5, 5.41) is 2.83. The predicted molar refractivity (Wildman–Crippen MR) is 74.8 cm³/mol. The molecule has 1 N–H and O–H groups in total. The maximum atomic E-state index is 11.7. The number of hydrogen-bond acceptors (Lipinski definition) is 3. The number of nitrogens with one attached hydrogen (secondary N) is 1. The van der Waals surface area contributed by atoms with Gasteiger partial charge in [-0.15, -0.1) is 11.8 Å². The van der Waals surface area contributed by atoms with E-state index in [1.165, 1.54) is 5.56 Å². The Bertz CT molecular complexity index is 528. The van der Waals surface area contributed by atoms with Gasteiger partial charge in [-0.25, -0.2) is 0 Å². The van der Waals surface area contributed by atoms with Gasteiger partial charge in [-0.2, -0.15) is 0 Å². The lowest BCUT2D eigenvalue weighted by Gasteiger charge is -2.06. The number of hydrogen-bond donors (Lipinski definition) is 1. The van der Waals surface area contributed by atoms with Crippen molar-refractivity contribution in [2.45, 2.75) is 11.8 Å². The van der Waals surface area contributed by atoms with Gasteiger partial charge in [0, 0.05) is 23.0 Å². The van der Waals surface area contributed by atoms with Crippen LogP contribution in [0.5, 0.6) is 0 Å². The second-order valence-corrected chi connectivity index (χ2v) is 4.86. The summed E-state index contributed by atoms with van der Waals surface area (Å²) in [5.41, 5.74) is 1.97. The Morgan fingerprint density at radius 1 is 1.22 bits per heavy atom. The van der Waals surface area contributed by atoms with Crippen molar-refractivity contribution in [2.24, 2.45) is 0 Å². The molecular weight excluding hydrogens is 244 g/mol. The molecule has 1 aromatic heterocycles. The third-order valence-electron chi connectivity index (χ3n) is 2.42. The molecule has 2 aromatic rings. The van der Waals surface area contributed by atoms with E-state index in [1.54, 1.807) is 36.3 Å². The largest absolute Gasteiger partial charge is 0.325 e. The summed E-state index contributed by atoms with van der Waals surface area (Å²) in [6.45, 7) is 2.04. The number of aryl methyl sites for hydroxylation is 1. The monoisotopic (exact) mass is 258 g/mol. The molecular formula is C14H14N2OS. The van der Waals surface area contributed by atoms with Gasteiger partial charge in [0.1, 0.15) is 0 Å². The van der Waals surface area contributed by atoms with E-state index in [9.17, 15) is 4.79 Å². The summed E-state index contributed by atoms with van der Waals surface area (Å²) in [6, 6.07) is 11.6. The molecule has 0 aliphatic rings. The van der Waals surface area contributed by atoms with E-state index in [2.05, 4.69) is 10.3 Å². The number of benzene rings is 1. The molecule has 4 heteroatoms. The van der Waals surface area contributed by atoms with Crippen molar-refractivity contribution in [3.63, 3.8) is 0 Å². The smallest absolute Gasteiger partial charge is 0.234 e. The van der Waals surface area contributed by atoms with Crippen LogP contribution in [0.1, 0.15) is 5.56 Å². The fourth-order valence-electron chi connectivity index (χ4n) is 1.49. The van der Waals surface area contributed by atoms with Gasteiger partial charge in [0.05, 0.1) is 5.75 Å². The Balaban J connectivity index is 1.88. The van der Waals surface area contributed by atoms with E-state index >= 15 is 0 Å². The van der Waals surface area contributed by atoms with Gasteiger partial charge in [0.15, 0.2) is 0 Å². The standard InChI is InChI=1S/C14H14N2OS/c1-11-4-2-3-5-13(11)18-10-14(17)16-12-6-8-15-9-7-12/h2-9H,10H2,1H3,(H,15,16,17). The molecule has 0 radical (unpaired) electrons. The van der Waals surface area contributed by atoms with Crippen LogP contribution in [0.15, 0.2) is 53.7 Å². The maximum Gasteiger partial charge on any atom is 0.234 e. The van der Waals surface area contributed by atoms with Gasteiger partial charge in [-0.3, -0.25) is 9.78 Å². The van der Waals surface area contributed by atoms with Crippen LogP contribution in [0, 0.1) is 6.92 Å². The molecule has 0 saturated heterocycles. The maximum absolute atomic E-state index is 11.7. The van der Waals surface area contributed by atoms with Crippen LogP contribution in [0.2, 0.25) is 0 Å². The zero-order valence-electron chi connectivity index (χ0n) is 10.1. The van der Waals surface area contributed by atoms with Gasteiger partial charge in [0.2, 0.25) is 5.91 Å². The molecule has 2 rings (SSSR count). The van der Waals surface area contributed by atoms with Crippen LogP contribution in [-0.2, 0) is 4.79 Å². The molecule has 92 valence electrons. The minimum absolute atomic E-state index is 0.00514. The number of carbonyl (C=O) groups is 1. The van der Waals surface area contributed by atoms with Crippen molar-refractivity contribution in [3.8, 4) is 0 Å². The van der Waals surface area contributed by atoms with E-state index in [1.807, 2.05) is 31.2 Å². The zero-order chi connectivity index (χ0) is 12.8. The number of nitrogens with zero attached hydrogens (tertiary/aromatic N) is 1. The molecule has 3 nitrogen and oxygen atoms in total. The van der Waals surface area contributed by atoms with Gasteiger partial charge >= 0.3 is 0 Å². The van der Waals surface area contributed by atoms with Gasteiger partial charge in [-0.05, 0) is 30.7 Å². The molecule has 1 aromatic carbocycles. The highest BCUT2D eigenvalue weighted by Crippen LogP contribution is 2.21. The summed E-state index contributed by atoms with van der Waals surface area (Å²) in [5.74, 6) is 0.405. The molecule has 18 heavy (non-hydrogen) atoms. The van der Waals surface area contributed by atoms with Gasteiger partial charge in [-0.1, -0.05) is 18.2 Å². The van der Waals surface area contributed by atoms with Crippen molar-refractivity contribution >= 4 is 23.4 Å². The Kier molecular flexibility index (Phi) is 4.36. The second-order valence-electron chi connectivity index (χ2n) is 3.84. The lowest BCUT2D eigenvalue weighted by atomic mass is 10.2. The summed E-state index contributed by atoms with van der Waals surface area (Å²) >= 11 is 1.55. The third-order valence-corrected chi connectivity index (χ3v) is 3.59. The number of aromatic nitrogens is 1. The number of anilines is 1. The summed E-state index contributed by atoms with van der Waals surface area (Å²) in [6.07, 6.45) is 3.31. The van der Waals surface area contributed by atoms with Gasteiger partial charge < -0.3 is 5.32 Å². The minimum atomic E-state index is -0.00514. The predicted octanol–water partition coefficient (Wildman–Crippen LogP) is 3.12. The number of rotatable bonds is 4. The van der Waals surface area contributed by atoms with Crippen molar-refractivity contribution in [2.75, 3.05) is 11.1 Å². The summed E-state index contributed by atoms with van der Waals surface area (Å²) in [7, 11) is 0. The first-order valence-corrected chi connectivity index (χ1v) is 6.62. The lowest BCUT2D eigenvalue weighted by Crippen LogP contribution is -2.13. The quantitative estimate of drug-likeness (QED) is 0.857. The van der Waals surface area contributed by atoms with E-state index in [-0.39, 0.29) is 5.91 Å². The van der Waals surface area contributed by atoms with Crippen molar-refractivity contribution in [1.82, 2.24) is 4.98 Å². The molecule has 1 heterocycles. The number of pyridine rings is 1. The topological polar surface area (TPSA) is 42.0 Å². The molecule has 1 amide bonds. The van der Waals surface area contributed by atoms with E-state index in [0.717, 1.165) is 10.6 Å². The molecule has 0 fully saturated rings. The van der Waals surface area contributed by atoms with E-state index < -0.39 is 0 Å². The average molecular weight is 258 g/mol. The van der Waals surface area contributed by atoms with Crippen molar-refractivity contribution in [1.29, 1.82) is 0 Å². The normalized spacial score (nSPS) is 10.1. The fraction of sp³-hybridized carbons (Fsp3) is 0.143. The highest BCUT2D eigenvalue weighted by molar-refractivity contribution is 8.00. The molecule has 0 saturated carbocycles. The summed E-state index contributed by atoms with van der Waals surface area (Å²) < 4.78 is 0. The van der Waals surface area contributed by atoms with Crippen LogP contribution < -0.4 is 5.32 Å². The molecule has 0 spiro atoms. The van der Waals surface area contributed by atoms with Crippen LogP contribution in [0.3, 0.4) is 0 Å². The Morgan fingerprint density at radius 3 is 2.67 bits per heavy atom. The van der Waals surface area contributed by atoms with Gasteiger partial charge in [0.25, 0.3) is 0 Å². The van der Waals surface area contributed by atoms with Crippen molar-refractivity contribution in [3.05, 3.63) is 54.4 Å². The lowest BCUT2D eigenvalue weighted by molar-refractivity contribution is -0.113. The molecule has 0 aliphatic heterocycles.